The van der Waals surface area contributed by atoms with Crippen molar-refractivity contribution in [1.82, 2.24) is 0 Å². The Kier molecular flexibility index (Phi) is 4.55. The number of carbonyl (C=O) groups is 1. The van der Waals surface area contributed by atoms with Crippen molar-refractivity contribution in [2.45, 2.75) is 45.1 Å². The zero-order valence-electron chi connectivity index (χ0n) is 10.8. The molecule has 0 radical (unpaired) electrons. The van der Waals surface area contributed by atoms with Crippen molar-refractivity contribution >= 4 is 6.09 Å². The third kappa shape index (κ3) is 4.89. The van der Waals surface area contributed by atoms with Crippen molar-refractivity contribution in [3.8, 4) is 0 Å². The van der Waals surface area contributed by atoms with Gasteiger partial charge in [0.05, 0.1) is 0 Å². The van der Waals surface area contributed by atoms with Crippen molar-refractivity contribution in [2.75, 3.05) is 0 Å². The van der Waals surface area contributed by atoms with E-state index in [1.54, 1.807) is 0 Å². The van der Waals surface area contributed by atoms with Crippen molar-refractivity contribution < 1.29 is 9.53 Å². The summed E-state index contributed by atoms with van der Waals surface area (Å²) in [5, 5.41) is 0. The summed E-state index contributed by atoms with van der Waals surface area (Å²) in [5.41, 5.74) is 5.85. The monoisotopic (exact) mass is 235 g/mol. The zero-order valence-corrected chi connectivity index (χ0v) is 10.8. The smallest absolute Gasteiger partial charge is 0.405 e. The molecule has 1 atom stereocenters. The van der Waals surface area contributed by atoms with E-state index >= 15 is 0 Å². The molecule has 1 amide bonds. The highest BCUT2D eigenvalue weighted by molar-refractivity contribution is 5.65. The fraction of sp³-hybridized carbons (Fsp3) is 0.500. The van der Waals surface area contributed by atoms with Crippen LogP contribution in [0.4, 0.5) is 4.79 Å². The maximum absolute atomic E-state index is 10.7. The number of hydrogen-bond acceptors (Lipinski definition) is 2. The third-order valence-electron chi connectivity index (χ3n) is 2.92. The van der Waals surface area contributed by atoms with Crippen molar-refractivity contribution in [1.29, 1.82) is 0 Å². The molecular weight excluding hydrogens is 214 g/mol. The van der Waals surface area contributed by atoms with E-state index in [0.717, 1.165) is 12.8 Å². The Morgan fingerprint density at radius 1 is 1.35 bits per heavy atom. The van der Waals surface area contributed by atoms with E-state index in [1.165, 1.54) is 5.56 Å². The van der Waals surface area contributed by atoms with Crippen LogP contribution in [0.1, 0.15) is 45.1 Å². The van der Waals surface area contributed by atoms with E-state index in [1.807, 2.05) is 32.0 Å². The Hall–Kier alpha value is -1.51. The maximum atomic E-state index is 10.7. The molecule has 0 aliphatic heterocycles. The van der Waals surface area contributed by atoms with Crippen LogP contribution >= 0.6 is 0 Å². The highest BCUT2D eigenvalue weighted by Crippen LogP contribution is 2.26. The molecule has 1 aromatic rings. The van der Waals surface area contributed by atoms with E-state index in [2.05, 4.69) is 19.1 Å². The number of ether oxygens (including phenoxy) is 1. The Bertz CT molecular complexity index is 360. The lowest BCUT2D eigenvalue weighted by molar-refractivity contribution is 0.0365. The average molecular weight is 235 g/mol. The van der Waals surface area contributed by atoms with E-state index < -0.39 is 11.7 Å². The maximum Gasteiger partial charge on any atom is 0.405 e. The molecule has 0 bridgehead atoms. The number of nitrogens with two attached hydrogens (primary N) is 1. The van der Waals surface area contributed by atoms with Crippen LogP contribution in [0.2, 0.25) is 0 Å². The summed E-state index contributed by atoms with van der Waals surface area (Å²) in [7, 11) is 0. The van der Waals surface area contributed by atoms with Crippen molar-refractivity contribution in [2.24, 2.45) is 5.73 Å². The van der Waals surface area contributed by atoms with E-state index in [-0.39, 0.29) is 0 Å². The molecule has 1 unspecified atom stereocenters. The third-order valence-corrected chi connectivity index (χ3v) is 2.92. The molecule has 0 saturated heterocycles. The van der Waals surface area contributed by atoms with Crippen LogP contribution in [0.25, 0.3) is 0 Å². The molecule has 1 rings (SSSR count). The normalized spacial score (nSPS) is 13.1. The number of amides is 1. The minimum Gasteiger partial charge on any atom is -0.444 e. The lowest BCUT2D eigenvalue weighted by Gasteiger charge is -2.25. The van der Waals surface area contributed by atoms with Gasteiger partial charge in [-0.3, -0.25) is 0 Å². The van der Waals surface area contributed by atoms with E-state index in [4.69, 9.17) is 10.5 Å². The van der Waals surface area contributed by atoms with Crippen LogP contribution in [0.3, 0.4) is 0 Å². The minimum absolute atomic E-state index is 0.451. The van der Waals surface area contributed by atoms with Gasteiger partial charge in [-0.1, -0.05) is 37.3 Å². The number of benzene rings is 1. The fourth-order valence-corrected chi connectivity index (χ4v) is 1.84. The van der Waals surface area contributed by atoms with Gasteiger partial charge in [0.2, 0.25) is 0 Å². The minimum atomic E-state index is -0.706. The van der Waals surface area contributed by atoms with Gasteiger partial charge in [-0.05, 0) is 38.2 Å². The van der Waals surface area contributed by atoms with Gasteiger partial charge in [-0.2, -0.15) is 0 Å². The molecule has 0 aliphatic carbocycles. The van der Waals surface area contributed by atoms with Gasteiger partial charge >= 0.3 is 6.09 Å². The van der Waals surface area contributed by atoms with Crippen molar-refractivity contribution in [3.63, 3.8) is 0 Å². The first kappa shape index (κ1) is 13.6. The van der Waals surface area contributed by atoms with Gasteiger partial charge < -0.3 is 10.5 Å². The summed E-state index contributed by atoms with van der Waals surface area (Å²) in [6.07, 6.45) is 1.05. The molecule has 0 fully saturated rings. The first-order chi connectivity index (χ1) is 7.91. The van der Waals surface area contributed by atoms with Crippen LogP contribution in [0, 0.1) is 0 Å². The molecular formula is C14H21NO2. The number of rotatable bonds is 5. The molecule has 3 nitrogen and oxygen atoms in total. The molecule has 0 aromatic heterocycles. The Morgan fingerprint density at radius 3 is 2.47 bits per heavy atom. The fourth-order valence-electron chi connectivity index (χ4n) is 1.84. The summed E-state index contributed by atoms with van der Waals surface area (Å²) in [4.78, 5) is 10.7. The number of hydrogen-bond donors (Lipinski definition) is 1. The number of carbonyl (C=O) groups excluding carboxylic acids is 1. The Labute approximate surface area is 103 Å². The van der Waals surface area contributed by atoms with Crippen LogP contribution in [0.5, 0.6) is 0 Å². The zero-order chi connectivity index (χ0) is 12.9. The largest absolute Gasteiger partial charge is 0.444 e. The molecule has 17 heavy (non-hydrogen) atoms. The van der Waals surface area contributed by atoms with Crippen LogP contribution < -0.4 is 5.73 Å². The van der Waals surface area contributed by atoms with Gasteiger partial charge in [0.25, 0.3) is 0 Å². The summed E-state index contributed by atoms with van der Waals surface area (Å²) in [6, 6.07) is 10.3. The second-order valence-electron chi connectivity index (χ2n) is 5.03. The highest BCUT2D eigenvalue weighted by atomic mass is 16.6. The topological polar surface area (TPSA) is 52.3 Å². The predicted octanol–water partition coefficient (Wildman–Crippen LogP) is 3.44. The van der Waals surface area contributed by atoms with Crippen molar-refractivity contribution in [3.05, 3.63) is 35.9 Å². The highest BCUT2D eigenvalue weighted by Gasteiger charge is 2.22. The predicted molar refractivity (Wildman–Crippen MR) is 68.8 cm³/mol. The molecule has 2 N–H and O–H groups in total. The van der Waals surface area contributed by atoms with Gasteiger partial charge in [0.1, 0.15) is 5.60 Å². The van der Waals surface area contributed by atoms with Crippen LogP contribution in [-0.2, 0) is 4.74 Å². The van der Waals surface area contributed by atoms with Crippen LogP contribution in [0.15, 0.2) is 30.3 Å². The molecule has 0 aliphatic rings. The lowest BCUT2D eigenvalue weighted by atomic mass is 9.91. The standard InChI is InChI=1S/C14H21NO2/c1-11(12-7-5-4-6-8-12)9-10-14(2,3)17-13(15)16/h4-8,11H,9-10H2,1-3H3,(H2,15,16). The first-order valence-electron chi connectivity index (χ1n) is 5.94. The number of primary amides is 1. The summed E-state index contributed by atoms with van der Waals surface area (Å²) in [6.45, 7) is 5.95. The van der Waals surface area contributed by atoms with Gasteiger partial charge in [0.15, 0.2) is 0 Å². The summed E-state index contributed by atoms with van der Waals surface area (Å²) in [5.74, 6) is 0.451. The molecule has 94 valence electrons. The van der Waals surface area contributed by atoms with Crippen LogP contribution in [-0.4, -0.2) is 11.7 Å². The SMILES string of the molecule is CC(CCC(C)(C)OC(N)=O)c1ccccc1. The van der Waals surface area contributed by atoms with Gasteiger partial charge in [-0.15, -0.1) is 0 Å². The molecule has 0 heterocycles. The van der Waals surface area contributed by atoms with Gasteiger partial charge in [0, 0.05) is 0 Å². The van der Waals surface area contributed by atoms with E-state index in [9.17, 15) is 4.79 Å². The molecule has 3 heteroatoms. The average Bonchev–Trinajstić information content (AvgIpc) is 2.25. The molecule has 1 aromatic carbocycles. The Morgan fingerprint density at radius 2 is 1.94 bits per heavy atom. The lowest BCUT2D eigenvalue weighted by Crippen LogP contribution is -2.31. The Balaban J connectivity index is 2.48. The second-order valence-corrected chi connectivity index (χ2v) is 5.03. The van der Waals surface area contributed by atoms with E-state index in [0.29, 0.717) is 5.92 Å². The van der Waals surface area contributed by atoms with Gasteiger partial charge in [-0.25, -0.2) is 4.79 Å². The first-order valence-corrected chi connectivity index (χ1v) is 5.94. The molecule has 0 saturated carbocycles. The summed E-state index contributed by atoms with van der Waals surface area (Å²) < 4.78 is 5.06. The molecule has 0 spiro atoms. The quantitative estimate of drug-likeness (QED) is 0.849. The second kappa shape index (κ2) is 5.71. The summed E-state index contributed by atoms with van der Waals surface area (Å²) >= 11 is 0.